The van der Waals surface area contributed by atoms with Crippen LogP contribution in [0.25, 0.3) is 11.1 Å². The van der Waals surface area contributed by atoms with Crippen molar-refractivity contribution in [3.8, 4) is 16.9 Å². The Morgan fingerprint density at radius 3 is 2.71 bits per heavy atom. The SMILES string of the molecule is CN=C(NCc1ccc(-c2ccc3c(c2)CCO3)cc1)N(C)CC1CCOC1. The molecule has 2 aliphatic heterocycles. The van der Waals surface area contributed by atoms with E-state index in [1.54, 1.807) is 0 Å². The molecule has 0 spiro atoms. The predicted octanol–water partition coefficient (Wildman–Crippen LogP) is 3.33. The van der Waals surface area contributed by atoms with E-state index in [-0.39, 0.29) is 0 Å². The molecule has 2 aromatic rings. The summed E-state index contributed by atoms with van der Waals surface area (Å²) in [7, 11) is 3.93. The molecular weight excluding hydrogens is 350 g/mol. The molecule has 4 rings (SSSR count). The van der Waals surface area contributed by atoms with Gasteiger partial charge >= 0.3 is 0 Å². The van der Waals surface area contributed by atoms with Crippen LogP contribution >= 0.6 is 0 Å². The minimum atomic E-state index is 0.598. The highest BCUT2D eigenvalue weighted by Gasteiger charge is 2.19. The van der Waals surface area contributed by atoms with Gasteiger partial charge < -0.3 is 19.7 Å². The molecule has 5 nitrogen and oxygen atoms in total. The van der Waals surface area contributed by atoms with E-state index < -0.39 is 0 Å². The normalized spacial score (nSPS) is 18.6. The number of rotatable bonds is 5. The fourth-order valence-corrected chi connectivity index (χ4v) is 3.95. The Balaban J connectivity index is 1.35. The molecule has 0 amide bonds. The molecule has 5 heteroatoms. The van der Waals surface area contributed by atoms with Crippen molar-refractivity contribution in [2.45, 2.75) is 19.4 Å². The molecule has 0 aliphatic carbocycles. The van der Waals surface area contributed by atoms with Crippen molar-refractivity contribution in [1.29, 1.82) is 0 Å². The Labute approximate surface area is 167 Å². The van der Waals surface area contributed by atoms with Crippen LogP contribution in [0.4, 0.5) is 0 Å². The molecule has 1 atom stereocenters. The first kappa shape index (κ1) is 18.8. The predicted molar refractivity (Wildman–Crippen MR) is 113 cm³/mol. The van der Waals surface area contributed by atoms with E-state index in [4.69, 9.17) is 9.47 Å². The molecule has 0 saturated carbocycles. The minimum absolute atomic E-state index is 0.598. The average Bonchev–Trinajstić information content (AvgIpc) is 3.40. The fraction of sp³-hybridized carbons (Fsp3) is 0.435. The van der Waals surface area contributed by atoms with Crippen LogP contribution in [0.15, 0.2) is 47.5 Å². The van der Waals surface area contributed by atoms with Gasteiger partial charge in [-0.1, -0.05) is 30.3 Å². The number of fused-ring (bicyclic) bond motifs is 1. The Kier molecular flexibility index (Phi) is 5.81. The van der Waals surface area contributed by atoms with Gasteiger partial charge in [-0.3, -0.25) is 4.99 Å². The van der Waals surface area contributed by atoms with E-state index in [1.807, 2.05) is 7.05 Å². The number of ether oxygens (including phenoxy) is 2. The Hall–Kier alpha value is -2.53. The lowest BCUT2D eigenvalue weighted by atomic mass is 10.0. The van der Waals surface area contributed by atoms with Crippen molar-refractivity contribution < 1.29 is 9.47 Å². The van der Waals surface area contributed by atoms with Crippen LogP contribution in [0.2, 0.25) is 0 Å². The number of hydrogen-bond acceptors (Lipinski definition) is 3. The van der Waals surface area contributed by atoms with E-state index in [0.29, 0.717) is 5.92 Å². The summed E-state index contributed by atoms with van der Waals surface area (Å²) in [5, 5.41) is 3.47. The monoisotopic (exact) mass is 379 g/mol. The van der Waals surface area contributed by atoms with Crippen molar-refractivity contribution in [2.24, 2.45) is 10.9 Å². The Bertz CT molecular complexity index is 826. The largest absolute Gasteiger partial charge is 0.493 e. The maximum atomic E-state index is 5.60. The highest BCUT2D eigenvalue weighted by Crippen LogP contribution is 2.30. The van der Waals surface area contributed by atoms with Crippen LogP contribution in [0, 0.1) is 5.92 Å². The van der Waals surface area contributed by atoms with Gasteiger partial charge in [-0.25, -0.2) is 0 Å². The summed E-state index contributed by atoms with van der Waals surface area (Å²) < 4.78 is 11.1. The number of nitrogens with one attached hydrogen (secondary N) is 1. The third-order valence-electron chi connectivity index (χ3n) is 5.56. The molecule has 1 saturated heterocycles. The van der Waals surface area contributed by atoms with E-state index >= 15 is 0 Å². The van der Waals surface area contributed by atoms with Gasteiger partial charge in [0.05, 0.1) is 13.2 Å². The molecule has 148 valence electrons. The lowest BCUT2D eigenvalue weighted by Gasteiger charge is -2.24. The maximum Gasteiger partial charge on any atom is 0.193 e. The van der Waals surface area contributed by atoms with Gasteiger partial charge in [-0.05, 0) is 40.8 Å². The number of aliphatic imine (C=N–C) groups is 1. The summed E-state index contributed by atoms with van der Waals surface area (Å²) >= 11 is 0. The molecule has 1 fully saturated rings. The maximum absolute atomic E-state index is 5.60. The van der Waals surface area contributed by atoms with Crippen LogP contribution < -0.4 is 10.1 Å². The van der Waals surface area contributed by atoms with Crippen molar-refractivity contribution in [1.82, 2.24) is 10.2 Å². The number of benzene rings is 2. The third kappa shape index (κ3) is 4.30. The molecule has 28 heavy (non-hydrogen) atoms. The summed E-state index contributed by atoms with van der Waals surface area (Å²) in [6.07, 6.45) is 2.14. The first-order valence-corrected chi connectivity index (χ1v) is 10.1. The van der Waals surface area contributed by atoms with E-state index in [2.05, 4.69) is 64.7 Å². The molecular formula is C23H29N3O2. The van der Waals surface area contributed by atoms with Gasteiger partial charge in [-0.15, -0.1) is 0 Å². The van der Waals surface area contributed by atoms with E-state index in [0.717, 1.165) is 57.5 Å². The number of nitrogens with zero attached hydrogens (tertiary/aromatic N) is 2. The highest BCUT2D eigenvalue weighted by molar-refractivity contribution is 5.79. The molecule has 1 unspecified atom stereocenters. The lowest BCUT2D eigenvalue weighted by Crippen LogP contribution is -2.41. The average molecular weight is 380 g/mol. The topological polar surface area (TPSA) is 46.1 Å². The lowest BCUT2D eigenvalue weighted by molar-refractivity contribution is 0.181. The van der Waals surface area contributed by atoms with Crippen molar-refractivity contribution in [3.63, 3.8) is 0 Å². The summed E-state index contributed by atoms with van der Waals surface area (Å²) in [5.74, 6) is 2.55. The molecule has 0 bridgehead atoms. The van der Waals surface area contributed by atoms with Gasteiger partial charge in [0.15, 0.2) is 5.96 Å². The summed E-state index contributed by atoms with van der Waals surface area (Å²) in [5.41, 5.74) is 5.04. The number of guanidine groups is 1. The molecule has 2 heterocycles. The second-order valence-corrected chi connectivity index (χ2v) is 7.63. The zero-order chi connectivity index (χ0) is 19.3. The summed E-state index contributed by atoms with van der Waals surface area (Å²) in [4.78, 5) is 6.62. The van der Waals surface area contributed by atoms with Gasteiger partial charge in [-0.2, -0.15) is 0 Å². The van der Waals surface area contributed by atoms with Crippen LogP contribution in [0.5, 0.6) is 5.75 Å². The molecule has 0 aromatic heterocycles. The van der Waals surface area contributed by atoms with Gasteiger partial charge in [0.1, 0.15) is 5.75 Å². The van der Waals surface area contributed by atoms with Gasteiger partial charge in [0.25, 0.3) is 0 Å². The molecule has 2 aliphatic rings. The Morgan fingerprint density at radius 2 is 1.96 bits per heavy atom. The van der Waals surface area contributed by atoms with Crippen molar-refractivity contribution in [2.75, 3.05) is 40.5 Å². The first-order chi connectivity index (χ1) is 13.7. The van der Waals surface area contributed by atoms with Crippen LogP contribution in [-0.4, -0.2) is 51.3 Å². The molecule has 2 aromatic carbocycles. The standard InChI is InChI=1S/C23H29N3O2/c1-24-23(26(2)15-18-9-11-27-16-18)25-14-17-3-5-19(6-4-17)20-7-8-22-21(13-20)10-12-28-22/h3-8,13,18H,9-12,14-16H2,1-2H3,(H,24,25). The van der Waals surface area contributed by atoms with Gasteiger partial charge in [0.2, 0.25) is 0 Å². The zero-order valence-electron chi connectivity index (χ0n) is 16.8. The fourth-order valence-electron chi connectivity index (χ4n) is 3.95. The number of hydrogen-bond donors (Lipinski definition) is 1. The quantitative estimate of drug-likeness (QED) is 0.639. The molecule has 1 N–H and O–H groups in total. The first-order valence-electron chi connectivity index (χ1n) is 10.1. The smallest absolute Gasteiger partial charge is 0.193 e. The van der Waals surface area contributed by atoms with E-state index in [1.165, 1.54) is 22.3 Å². The molecule has 0 radical (unpaired) electrons. The van der Waals surface area contributed by atoms with Crippen LogP contribution in [0.1, 0.15) is 17.5 Å². The second kappa shape index (κ2) is 8.65. The highest BCUT2D eigenvalue weighted by atomic mass is 16.5. The second-order valence-electron chi connectivity index (χ2n) is 7.63. The van der Waals surface area contributed by atoms with E-state index in [9.17, 15) is 0 Å². The van der Waals surface area contributed by atoms with Crippen LogP contribution in [0.3, 0.4) is 0 Å². The zero-order valence-corrected chi connectivity index (χ0v) is 16.8. The van der Waals surface area contributed by atoms with Crippen molar-refractivity contribution in [3.05, 3.63) is 53.6 Å². The van der Waals surface area contributed by atoms with Crippen molar-refractivity contribution >= 4 is 5.96 Å². The van der Waals surface area contributed by atoms with Crippen LogP contribution in [-0.2, 0) is 17.7 Å². The summed E-state index contributed by atoms with van der Waals surface area (Å²) in [6, 6.07) is 15.2. The Morgan fingerprint density at radius 1 is 1.14 bits per heavy atom. The minimum Gasteiger partial charge on any atom is -0.493 e. The third-order valence-corrected chi connectivity index (χ3v) is 5.56. The summed E-state index contributed by atoms with van der Waals surface area (Å²) in [6.45, 7) is 4.27. The van der Waals surface area contributed by atoms with Gasteiger partial charge in [0, 0.05) is 46.1 Å².